The second-order valence-corrected chi connectivity index (χ2v) is 5.03. The average molecular weight is 246 g/mol. The van der Waals surface area contributed by atoms with Crippen molar-refractivity contribution in [3.05, 3.63) is 27.0 Å². The highest BCUT2D eigenvalue weighted by Crippen LogP contribution is 2.20. The Morgan fingerprint density at radius 3 is 2.86 bits per heavy atom. The first-order chi connectivity index (χ1) is 6.75. The normalized spacial score (nSPS) is 10.4. The van der Waals surface area contributed by atoms with Crippen LogP contribution in [0.2, 0.25) is 5.15 Å². The number of thiophene rings is 1. The number of anilines is 1. The van der Waals surface area contributed by atoms with Crippen LogP contribution < -0.4 is 5.32 Å². The summed E-state index contributed by atoms with van der Waals surface area (Å²) < 4.78 is 7.90. The van der Waals surface area contributed by atoms with E-state index < -0.39 is 0 Å². The standard InChI is InChI=1S/C8H8ClN3S2/c1-5-2-3-6(13-5)4-10-8-7(9)11-14-12-8/h2-3H,4H2,1H3,(H,10,12). The van der Waals surface area contributed by atoms with E-state index in [4.69, 9.17) is 11.6 Å². The molecule has 0 fully saturated rings. The SMILES string of the molecule is Cc1ccc(CNc2nsnc2Cl)s1. The minimum Gasteiger partial charge on any atom is -0.362 e. The zero-order valence-corrected chi connectivity index (χ0v) is 9.84. The van der Waals surface area contributed by atoms with Gasteiger partial charge < -0.3 is 5.32 Å². The van der Waals surface area contributed by atoms with Gasteiger partial charge in [-0.15, -0.1) is 11.3 Å². The van der Waals surface area contributed by atoms with E-state index in [9.17, 15) is 0 Å². The first-order valence-corrected chi connectivity index (χ1v) is 5.95. The lowest BCUT2D eigenvalue weighted by molar-refractivity contribution is 1.17. The van der Waals surface area contributed by atoms with E-state index in [-0.39, 0.29) is 0 Å². The van der Waals surface area contributed by atoms with Crippen LogP contribution in [0.15, 0.2) is 12.1 Å². The van der Waals surface area contributed by atoms with E-state index >= 15 is 0 Å². The molecule has 0 bridgehead atoms. The van der Waals surface area contributed by atoms with Gasteiger partial charge in [0, 0.05) is 9.75 Å². The molecule has 1 N–H and O–H groups in total. The smallest absolute Gasteiger partial charge is 0.186 e. The van der Waals surface area contributed by atoms with Gasteiger partial charge in [0.15, 0.2) is 11.0 Å². The summed E-state index contributed by atoms with van der Waals surface area (Å²) in [5, 5.41) is 3.59. The van der Waals surface area contributed by atoms with Crippen LogP contribution in [-0.4, -0.2) is 8.75 Å². The van der Waals surface area contributed by atoms with Gasteiger partial charge in [-0.25, -0.2) is 0 Å². The molecule has 0 amide bonds. The number of nitrogens with zero attached hydrogens (tertiary/aromatic N) is 2. The lowest BCUT2D eigenvalue weighted by Gasteiger charge is -1.99. The predicted octanol–water partition coefficient (Wildman–Crippen LogP) is 3.17. The first kappa shape index (κ1) is 9.89. The molecule has 2 aromatic heterocycles. The Bertz CT molecular complexity index is 424. The van der Waals surface area contributed by atoms with Crippen molar-refractivity contribution in [1.29, 1.82) is 0 Å². The number of hydrogen-bond acceptors (Lipinski definition) is 5. The molecule has 2 aromatic rings. The number of hydrogen-bond donors (Lipinski definition) is 1. The third-order valence-electron chi connectivity index (χ3n) is 1.67. The highest BCUT2D eigenvalue weighted by Gasteiger charge is 2.04. The summed E-state index contributed by atoms with van der Waals surface area (Å²) in [5.41, 5.74) is 0. The van der Waals surface area contributed by atoms with Crippen molar-refractivity contribution in [3.63, 3.8) is 0 Å². The van der Waals surface area contributed by atoms with Crippen LogP contribution in [0.5, 0.6) is 0 Å². The van der Waals surface area contributed by atoms with Gasteiger partial charge in [0.05, 0.1) is 18.3 Å². The summed E-state index contributed by atoms with van der Waals surface area (Å²) in [4.78, 5) is 2.58. The van der Waals surface area contributed by atoms with Crippen molar-refractivity contribution >= 4 is 40.5 Å². The summed E-state index contributed by atoms with van der Waals surface area (Å²) in [6, 6.07) is 4.20. The molecular formula is C8H8ClN3S2. The molecule has 6 heteroatoms. The van der Waals surface area contributed by atoms with Gasteiger partial charge >= 0.3 is 0 Å². The van der Waals surface area contributed by atoms with Crippen molar-refractivity contribution in [2.45, 2.75) is 13.5 Å². The van der Waals surface area contributed by atoms with Gasteiger partial charge in [0.1, 0.15) is 0 Å². The lowest BCUT2D eigenvalue weighted by Crippen LogP contribution is -1.97. The minimum atomic E-state index is 0.447. The zero-order chi connectivity index (χ0) is 9.97. The average Bonchev–Trinajstić information content (AvgIpc) is 2.72. The topological polar surface area (TPSA) is 37.8 Å². The van der Waals surface area contributed by atoms with Crippen molar-refractivity contribution in [2.75, 3.05) is 5.32 Å². The van der Waals surface area contributed by atoms with Crippen molar-refractivity contribution in [1.82, 2.24) is 8.75 Å². The maximum atomic E-state index is 5.79. The molecule has 0 unspecified atom stereocenters. The summed E-state index contributed by atoms with van der Waals surface area (Å²) in [6.07, 6.45) is 0. The zero-order valence-electron chi connectivity index (χ0n) is 7.45. The second kappa shape index (κ2) is 4.25. The van der Waals surface area contributed by atoms with E-state index in [2.05, 4.69) is 33.1 Å². The molecule has 14 heavy (non-hydrogen) atoms. The van der Waals surface area contributed by atoms with Gasteiger partial charge in [0.25, 0.3) is 0 Å². The molecule has 0 aromatic carbocycles. The summed E-state index contributed by atoms with van der Waals surface area (Å²) in [5.74, 6) is 0.669. The maximum absolute atomic E-state index is 5.79. The van der Waals surface area contributed by atoms with Crippen LogP contribution in [0.3, 0.4) is 0 Å². The monoisotopic (exact) mass is 245 g/mol. The summed E-state index contributed by atoms with van der Waals surface area (Å²) in [7, 11) is 0. The van der Waals surface area contributed by atoms with Gasteiger partial charge in [0.2, 0.25) is 0 Å². The molecule has 0 aliphatic heterocycles. The molecule has 3 nitrogen and oxygen atoms in total. The molecule has 2 rings (SSSR count). The van der Waals surface area contributed by atoms with Crippen LogP contribution in [0.4, 0.5) is 5.82 Å². The van der Waals surface area contributed by atoms with E-state index in [0.717, 1.165) is 18.3 Å². The fourth-order valence-electron chi connectivity index (χ4n) is 1.03. The van der Waals surface area contributed by atoms with Crippen molar-refractivity contribution < 1.29 is 0 Å². The van der Waals surface area contributed by atoms with Crippen LogP contribution in [0.1, 0.15) is 9.75 Å². The Labute approximate surface area is 95.1 Å². The molecule has 0 atom stereocenters. The number of nitrogens with one attached hydrogen (secondary N) is 1. The predicted molar refractivity (Wildman–Crippen MR) is 61.3 cm³/mol. The van der Waals surface area contributed by atoms with Gasteiger partial charge in [-0.2, -0.15) is 8.75 Å². The fraction of sp³-hybridized carbons (Fsp3) is 0.250. The van der Waals surface area contributed by atoms with Gasteiger partial charge in [-0.1, -0.05) is 11.6 Å². The van der Waals surface area contributed by atoms with Crippen LogP contribution in [0, 0.1) is 6.92 Å². The molecule has 0 radical (unpaired) electrons. The maximum Gasteiger partial charge on any atom is 0.186 e. The van der Waals surface area contributed by atoms with Crippen LogP contribution in [-0.2, 0) is 6.54 Å². The van der Waals surface area contributed by atoms with Gasteiger partial charge in [-0.05, 0) is 19.1 Å². The third-order valence-corrected chi connectivity index (χ3v) is 3.57. The summed E-state index contributed by atoms with van der Waals surface area (Å²) >= 11 is 8.67. The molecule has 0 saturated heterocycles. The second-order valence-electron chi connectivity index (χ2n) is 2.77. The molecular weight excluding hydrogens is 238 g/mol. The van der Waals surface area contributed by atoms with Gasteiger partial charge in [-0.3, -0.25) is 0 Å². The Kier molecular flexibility index (Phi) is 3.00. The Balaban J connectivity index is 1.98. The Hall–Kier alpha value is -0.650. The highest BCUT2D eigenvalue weighted by atomic mass is 35.5. The molecule has 0 aliphatic carbocycles. The van der Waals surface area contributed by atoms with Crippen LogP contribution >= 0.6 is 34.7 Å². The molecule has 74 valence electrons. The Morgan fingerprint density at radius 1 is 1.43 bits per heavy atom. The summed E-state index contributed by atoms with van der Waals surface area (Å²) in [6.45, 7) is 2.84. The highest BCUT2D eigenvalue weighted by molar-refractivity contribution is 7.11. The van der Waals surface area contributed by atoms with Crippen LogP contribution in [0.25, 0.3) is 0 Å². The number of aromatic nitrogens is 2. The minimum absolute atomic E-state index is 0.447. The first-order valence-electron chi connectivity index (χ1n) is 4.03. The largest absolute Gasteiger partial charge is 0.362 e. The molecule has 0 aliphatic rings. The molecule has 0 saturated carbocycles. The number of rotatable bonds is 3. The Morgan fingerprint density at radius 2 is 2.29 bits per heavy atom. The number of aryl methyl sites for hydroxylation is 1. The molecule has 2 heterocycles. The third kappa shape index (κ3) is 2.23. The van der Waals surface area contributed by atoms with E-state index in [1.54, 1.807) is 11.3 Å². The lowest BCUT2D eigenvalue weighted by atomic mass is 10.4. The van der Waals surface area contributed by atoms with E-state index in [1.165, 1.54) is 9.75 Å². The van der Waals surface area contributed by atoms with Crippen molar-refractivity contribution in [3.8, 4) is 0 Å². The van der Waals surface area contributed by atoms with E-state index in [1.807, 2.05) is 0 Å². The molecule has 0 spiro atoms. The van der Waals surface area contributed by atoms with Crippen molar-refractivity contribution in [2.24, 2.45) is 0 Å². The fourth-order valence-corrected chi connectivity index (χ4v) is 2.55. The quantitative estimate of drug-likeness (QED) is 0.903. The number of halogens is 1. The van der Waals surface area contributed by atoms with E-state index in [0.29, 0.717) is 11.0 Å².